The van der Waals surface area contributed by atoms with E-state index in [2.05, 4.69) is 19.8 Å². The molecule has 7 heteroatoms. The van der Waals surface area contributed by atoms with Gasteiger partial charge < -0.3 is 15.0 Å². The van der Waals surface area contributed by atoms with Crippen LogP contribution in [-0.4, -0.2) is 51.4 Å². The molecule has 1 aliphatic heterocycles. The van der Waals surface area contributed by atoms with Gasteiger partial charge in [0.2, 0.25) is 0 Å². The van der Waals surface area contributed by atoms with E-state index in [1.54, 1.807) is 13.3 Å². The van der Waals surface area contributed by atoms with Crippen molar-refractivity contribution in [2.75, 3.05) is 20.2 Å². The third kappa shape index (κ3) is 2.45. The molecule has 94 valence electrons. The highest BCUT2D eigenvalue weighted by Gasteiger charge is 2.33. The van der Waals surface area contributed by atoms with Crippen LogP contribution < -0.4 is 5.73 Å². The average Bonchev–Trinajstić information content (AvgIpc) is 2.74. The molecular weight excluding hydrogens is 222 g/mol. The van der Waals surface area contributed by atoms with Gasteiger partial charge in [-0.15, -0.1) is 10.2 Å². The summed E-state index contributed by atoms with van der Waals surface area (Å²) in [5.74, 6) is 0.501. The maximum Gasteiger partial charge on any atom is 0.326 e. The van der Waals surface area contributed by atoms with Crippen molar-refractivity contribution >= 4 is 5.97 Å². The number of hydrogen-bond donors (Lipinski definition) is 1. The number of hydrogen-bond acceptors (Lipinski definition) is 6. The third-order valence-corrected chi connectivity index (χ3v) is 2.92. The molecule has 0 spiro atoms. The van der Waals surface area contributed by atoms with E-state index in [0.29, 0.717) is 13.1 Å². The lowest BCUT2D eigenvalue weighted by atomic mass is 10.0. The zero-order chi connectivity index (χ0) is 12.5. The first kappa shape index (κ1) is 12.0. The SMILES string of the molecule is COC(=O)C(C)(N)CN1CCn2cnnc2C1. The highest BCUT2D eigenvalue weighted by molar-refractivity contribution is 5.80. The topological polar surface area (TPSA) is 86.3 Å². The first-order valence-electron chi connectivity index (χ1n) is 5.49. The predicted molar refractivity (Wildman–Crippen MR) is 59.9 cm³/mol. The minimum atomic E-state index is -0.989. The van der Waals surface area contributed by atoms with Gasteiger partial charge in [-0.2, -0.15) is 0 Å². The third-order valence-electron chi connectivity index (χ3n) is 2.92. The summed E-state index contributed by atoms with van der Waals surface area (Å²) in [5.41, 5.74) is 4.95. The van der Waals surface area contributed by atoms with Crippen LogP contribution in [0, 0.1) is 0 Å². The highest BCUT2D eigenvalue weighted by Crippen LogP contribution is 2.13. The summed E-state index contributed by atoms with van der Waals surface area (Å²) in [7, 11) is 1.35. The Morgan fingerprint density at radius 1 is 1.65 bits per heavy atom. The Morgan fingerprint density at radius 3 is 3.12 bits per heavy atom. The number of rotatable bonds is 3. The van der Waals surface area contributed by atoms with Crippen LogP contribution in [-0.2, 0) is 22.6 Å². The van der Waals surface area contributed by atoms with Gasteiger partial charge in [0, 0.05) is 19.6 Å². The summed E-state index contributed by atoms with van der Waals surface area (Å²) in [6, 6.07) is 0. The lowest BCUT2D eigenvalue weighted by molar-refractivity contribution is -0.147. The maximum absolute atomic E-state index is 11.5. The van der Waals surface area contributed by atoms with E-state index < -0.39 is 11.5 Å². The Kier molecular flexibility index (Phi) is 3.12. The minimum Gasteiger partial charge on any atom is -0.468 e. The molecule has 0 saturated heterocycles. The van der Waals surface area contributed by atoms with Gasteiger partial charge in [-0.25, -0.2) is 0 Å². The van der Waals surface area contributed by atoms with Crippen molar-refractivity contribution in [2.24, 2.45) is 5.73 Å². The van der Waals surface area contributed by atoms with Crippen LogP contribution in [0.15, 0.2) is 6.33 Å². The first-order chi connectivity index (χ1) is 8.03. The van der Waals surface area contributed by atoms with E-state index >= 15 is 0 Å². The molecule has 0 saturated carbocycles. The van der Waals surface area contributed by atoms with E-state index in [1.165, 1.54) is 7.11 Å². The van der Waals surface area contributed by atoms with E-state index in [-0.39, 0.29) is 0 Å². The molecule has 1 atom stereocenters. The second-order valence-corrected chi connectivity index (χ2v) is 4.56. The van der Waals surface area contributed by atoms with E-state index in [4.69, 9.17) is 5.73 Å². The standard InChI is InChI=1S/C10H17N5O2/c1-10(11,9(16)17-2)6-14-3-4-15-7-12-13-8(15)5-14/h7H,3-6,11H2,1-2H3. The Labute approximate surface area is 99.5 Å². The van der Waals surface area contributed by atoms with Gasteiger partial charge in [0.25, 0.3) is 0 Å². The van der Waals surface area contributed by atoms with Gasteiger partial charge in [0.05, 0.1) is 13.7 Å². The van der Waals surface area contributed by atoms with Gasteiger partial charge in [0.1, 0.15) is 17.7 Å². The van der Waals surface area contributed by atoms with Crippen LogP contribution in [0.2, 0.25) is 0 Å². The number of fused-ring (bicyclic) bond motifs is 1. The lowest BCUT2D eigenvalue weighted by Gasteiger charge is -2.32. The molecule has 2 rings (SSSR count). The monoisotopic (exact) mass is 239 g/mol. The second kappa shape index (κ2) is 4.42. The molecular formula is C10H17N5O2. The first-order valence-corrected chi connectivity index (χ1v) is 5.49. The molecule has 17 heavy (non-hydrogen) atoms. The average molecular weight is 239 g/mol. The molecule has 0 radical (unpaired) electrons. The fourth-order valence-corrected chi connectivity index (χ4v) is 2.01. The number of methoxy groups -OCH3 is 1. The number of ether oxygens (including phenoxy) is 1. The van der Waals surface area contributed by atoms with Gasteiger partial charge >= 0.3 is 5.97 Å². The van der Waals surface area contributed by atoms with Crippen molar-refractivity contribution in [1.82, 2.24) is 19.7 Å². The molecule has 2 heterocycles. The Morgan fingerprint density at radius 2 is 2.41 bits per heavy atom. The van der Waals surface area contributed by atoms with Crippen molar-refractivity contribution < 1.29 is 9.53 Å². The Bertz CT molecular complexity index is 415. The fourth-order valence-electron chi connectivity index (χ4n) is 2.01. The van der Waals surface area contributed by atoms with Crippen LogP contribution in [0.5, 0.6) is 0 Å². The van der Waals surface area contributed by atoms with Crippen LogP contribution in [0.25, 0.3) is 0 Å². The molecule has 1 unspecified atom stereocenters. The largest absolute Gasteiger partial charge is 0.468 e. The van der Waals surface area contributed by atoms with Crippen molar-refractivity contribution in [3.8, 4) is 0 Å². The summed E-state index contributed by atoms with van der Waals surface area (Å²) in [6.07, 6.45) is 1.72. The number of nitrogens with zero attached hydrogens (tertiary/aromatic N) is 4. The van der Waals surface area contributed by atoms with E-state index in [0.717, 1.165) is 18.9 Å². The van der Waals surface area contributed by atoms with Crippen molar-refractivity contribution in [1.29, 1.82) is 0 Å². The predicted octanol–water partition coefficient (Wildman–Crippen LogP) is -1.02. The summed E-state index contributed by atoms with van der Waals surface area (Å²) < 4.78 is 6.69. The second-order valence-electron chi connectivity index (χ2n) is 4.56. The molecule has 2 N–H and O–H groups in total. The smallest absolute Gasteiger partial charge is 0.326 e. The highest BCUT2D eigenvalue weighted by atomic mass is 16.5. The minimum absolute atomic E-state index is 0.399. The normalized spacial score (nSPS) is 19.5. The van der Waals surface area contributed by atoms with E-state index in [9.17, 15) is 4.79 Å². The van der Waals surface area contributed by atoms with Crippen LogP contribution in [0.3, 0.4) is 0 Å². The van der Waals surface area contributed by atoms with Crippen molar-refractivity contribution in [3.05, 3.63) is 12.2 Å². The summed E-state index contributed by atoms with van der Waals surface area (Å²) in [5, 5.41) is 7.87. The molecule has 0 amide bonds. The zero-order valence-corrected chi connectivity index (χ0v) is 10.1. The van der Waals surface area contributed by atoms with Crippen molar-refractivity contribution in [2.45, 2.75) is 25.6 Å². The molecule has 0 bridgehead atoms. The van der Waals surface area contributed by atoms with Gasteiger partial charge in [-0.1, -0.05) is 0 Å². The zero-order valence-electron chi connectivity index (χ0n) is 10.1. The van der Waals surface area contributed by atoms with Crippen LogP contribution in [0.4, 0.5) is 0 Å². The number of carbonyl (C=O) groups excluding carboxylic acids is 1. The number of aromatic nitrogens is 3. The van der Waals surface area contributed by atoms with Crippen LogP contribution >= 0.6 is 0 Å². The molecule has 7 nitrogen and oxygen atoms in total. The molecule has 1 aromatic heterocycles. The van der Waals surface area contributed by atoms with Gasteiger partial charge in [-0.05, 0) is 6.92 Å². The number of nitrogens with two attached hydrogens (primary N) is 1. The summed E-state index contributed by atoms with van der Waals surface area (Å²) in [6.45, 7) is 4.43. The molecule has 0 aromatic carbocycles. The quantitative estimate of drug-likeness (QED) is 0.680. The molecule has 0 fully saturated rings. The maximum atomic E-state index is 11.5. The van der Waals surface area contributed by atoms with Crippen molar-refractivity contribution in [3.63, 3.8) is 0 Å². The molecule has 0 aliphatic carbocycles. The Balaban J connectivity index is 2.00. The Hall–Kier alpha value is -1.47. The lowest BCUT2D eigenvalue weighted by Crippen LogP contribution is -2.55. The van der Waals surface area contributed by atoms with Crippen LogP contribution in [0.1, 0.15) is 12.7 Å². The van der Waals surface area contributed by atoms with E-state index in [1.807, 2.05) is 4.57 Å². The number of carbonyl (C=O) groups is 1. The summed E-state index contributed by atoms with van der Waals surface area (Å²) in [4.78, 5) is 13.6. The molecule has 1 aromatic rings. The molecule has 1 aliphatic rings. The number of esters is 1. The fraction of sp³-hybridized carbons (Fsp3) is 0.700. The summed E-state index contributed by atoms with van der Waals surface area (Å²) >= 11 is 0. The van der Waals surface area contributed by atoms with Gasteiger partial charge in [0.15, 0.2) is 0 Å². The van der Waals surface area contributed by atoms with Gasteiger partial charge in [-0.3, -0.25) is 9.69 Å².